The van der Waals surface area contributed by atoms with Crippen LogP contribution in [0.5, 0.6) is 0 Å². The van der Waals surface area contributed by atoms with Crippen molar-refractivity contribution in [2.45, 2.75) is 13.8 Å². The summed E-state index contributed by atoms with van der Waals surface area (Å²) in [5, 5.41) is 6.63. The maximum Gasteiger partial charge on any atom is 0.350 e. The molecule has 3 rings (SSSR count). The number of amides is 1. The number of hydrogen-bond donors (Lipinski definition) is 1. The van der Waals surface area contributed by atoms with Crippen LogP contribution in [-0.4, -0.2) is 28.6 Å². The van der Waals surface area contributed by atoms with Crippen molar-refractivity contribution in [3.05, 3.63) is 52.5 Å². The van der Waals surface area contributed by atoms with Crippen molar-refractivity contribution >= 4 is 29.0 Å². The number of halogens is 1. The SMILES string of the molecule is Cc1cc(NC(=O)COC(=O)c2sc(-c3ccc(F)cc3)nc2C)no1. The molecule has 1 amide bonds. The summed E-state index contributed by atoms with van der Waals surface area (Å²) in [6.07, 6.45) is 0. The molecule has 0 unspecified atom stereocenters. The molecule has 0 fully saturated rings. The van der Waals surface area contributed by atoms with Gasteiger partial charge >= 0.3 is 5.97 Å². The summed E-state index contributed by atoms with van der Waals surface area (Å²) in [6.45, 7) is 2.89. The molecule has 0 saturated heterocycles. The summed E-state index contributed by atoms with van der Waals surface area (Å²) < 4.78 is 22.9. The molecule has 0 aliphatic carbocycles. The molecule has 134 valence electrons. The van der Waals surface area contributed by atoms with Gasteiger partial charge in [0, 0.05) is 11.6 Å². The van der Waals surface area contributed by atoms with Crippen LogP contribution in [0.4, 0.5) is 10.2 Å². The molecule has 0 saturated carbocycles. The van der Waals surface area contributed by atoms with Gasteiger partial charge in [-0.2, -0.15) is 0 Å². The van der Waals surface area contributed by atoms with E-state index < -0.39 is 18.5 Å². The van der Waals surface area contributed by atoms with Crippen molar-refractivity contribution in [2.24, 2.45) is 0 Å². The Morgan fingerprint density at radius 1 is 1.27 bits per heavy atom. The highest BCUT2D eigenvalue weighted by Gasteiger charge is 2.19. The minimum absolute atomic E-state index is 0.246. The second kappa shape index (κ2) is 7.44. The maximum absolute atomic E-state index is 13.0. The molecule has 1 aromatic carbocycles. The molecule has 2 aromatic heterocycles. The lowest BCUT2D eigenvalue weighted by Crippen LogP contribution is -2.21. The van der Waals surface area contributed by atoms with E-state index in [1.165, 1.54) is 12.1 Å². The number of anilines is 1. The standard InChI is InChI=1S/C17H14FN3O4S/c1-9-7-13(21-25-9)20-14(22)8-24-17(23)15-10(2)19-16(26-15)11-3-5-12(18)6-4-11/h3-7H,8H2,1-2H3,(H,20,21,22). The number of benzene rings is 1. The highest BCUT2D eigenvalue weighted by atomic mass is 32.1. The Labute approximate surface area is 151 Å². The fourth-order valence-corrected chi connectivity index (χ4v) is 3.07. The van der Waals surface area contributed by atoms with E-state index in [2.05, 4.69) is 15.5 Å². The maximum atomic E-state index is 13.0. The zero-order valence-electron chi connectivity index (χ0n) is 13.9. The van der Waals surface area contributed by atoms with E-state index in [9.17, 15) is 14.0 Å². The van der Waals surface area contributed by atoms with Crippen LogP contribution in [0.25, 0.3) is 10.6 Å². The second-order valence-corrected chi connectivity index (χ2v) is 6.39. The predicted molar refractivity (Wildman–Crippen MR) is 92.4 cm³/mol. The fraction of sp³-hybridized carbons (Fsp3) is 0.176. The lowest BCUT2D eigenvalue weighted by molar-refractivity contribution is -0.119. The number of nitrogens with one attached hydrogen (secondary N) is 1. The molecule has 7 nitrogen and oxygen atoms in total. The van der Waals surface area contributed by atoms with Gasteiger partial charge in [0.05, 0.1) is 5.69 Å². The van der Waals surface area contributed by atoms with E-state index in [0.29, 0.717) is 22.0 Å². The van der Waals surface area contributed by atoms with Gasteiger partial charge in [0.2, 0.25) is 0 Å². The number of ether oxygens (including phenoxy) is 1. The molecule has 9 heteroatoms. The first-order valence-corrected chi connectivity index (χ1v) is 8.37. The monoisotopic (exact) mass is 375 g/mol. The number of aryl methyl sites for hydroxylation is 2. The van der Waals surface area contributed by atoms with Crippen LogP contribution >= 0.6 is 11.3 Å². The Morgan fingerprint density at radius 3 is 2.65 bits per heavy atom. The molecule has 3 aromatic rings. The van der Waals surface area contributed by atoms with Gasteiger partial charge in [0.1, 0.15) is 21.5 Å². The quantitative estimate of drug-likeness (QED) is 0.687. The summed E-state index contributed by atoms with van der Waals surface area (Å²) in [5.74, 6) is -0.746. The van der Waals surface area contributed by atoms with Crippen LogP contribution in [0.15, 0.2) is 34.9 Å². The Morgan fingerprint density at radius 2 is 2.00 bits per heavy atom. The zero-order chi connectivity index (χ0) is 18.7. The second-order valence-electron chi connectivity index (χ2n) is 5.39. The summed E-state index contributed by atoms with van der Waals surface area (Å²) in [7, 11) is 0. The largest absolute Gasteiger partial charge is 0.451 e. The first-order valence-electron chi connectivity index (χ1n) is 7.56. The molecular weight excluding hydrogens is 361 g/mol. The van der Waals surface area contributed by atoms with Gasteiger partial charge in [-0.15, -0.1) is 11.3 Å². The zero-order valence-corrected chi connectivity index (χ0v) is 14.7. The van der Waals surface area contributed by atoms with Crippen LogP contribution in [0.2, 0.25) is 0 Å². The highest BCUT2D eigenvalue weighted by molar-refractivity contribution is 7.17. The Hall–Kier alpha value is -3.07. The average Bonchev–Trinajstić information content (AvgIpc) is 3.19. The normalized spacial score (nSPS) is 10.6. The van der Waals surface area contributed by atoms with E-state index in [1.807, 2.05) is 0 Å². The number of rotatable bonds is 5. The van der Waals surface area contributed by atoms with Gasteiger partial charge in [-0.25, -0.2) is 14.2 Å². The Bertz CT molecular complexity index is 949. The molecule has 0 aliphatic rings. The summed E-state index contributed by atoms with van der Waals surface area (Å²) >= 11 is 1.12. The lowest BCUT2D eigenvalue weighted by Gasteiger charge is -2.03. The van der Waals surface area contributed by atoms with Crippen LogP contribution in [-0.2, 0) is 9.53 Å². The van der Waals surface area contributed by atoms with Crippen LogP contribution in [0.3, 0.4) is 0 Å². The van der Waals surface area contributed by atoms with Crippen molar-refractivity contribution in [1.82, 2.24) is 10.1 Å². The van der Waals surface area contributed by atoms with Gasteiger partial charge in [-0.05, 0) is 38.1 Å². The van der Waals surface area contributed by atoms with E-state index >= 15 is 0 Å². The third kappa shape index (κ3) is 4.12. The Kier molecular flexibility index (Phi) is 5.08. The third-order valence-corrected chi connectivity index (χ3v) is 4.49. The van der Waals surface area contributed by atoms with Gasteiger partial charge in [0.15, 0.2) is 12.4 Å². The topological polar surface area (TPSA) is 94.3 Å². The van der Waals surface area contributed by atoms with Gasteiger partial charge in [0.25, 0.3) is 5.91 Å². The van der Waals surface area contributed by atoms with Crippen LogP contribution in [0.1, 0.15) is 21.1 Å². The predicted octanol–water partition coefficient (Wildman–Crippen LogP) is 3.35. The van der Waals surface area contributed by atoms with Gasteiger partial charge in [-0.1, -0.05) is 5.16 Å². The summed E-state index contributed by atoms with van der Waals surface area (Å²) in [5.41, 5.74) is 1.17. The first kappa shape index (κ1) is 17.7. The van der Waals surface area contributed by atoms with E-state index in [0.717, 1.165) is 11.3 Å². The fourth-order valence-electron chi connectivity index (χ4n) is 2.10. The van der Waals surface area contributed by atoms with E-state index in [1.54, 1.807) is 32.0 Å². The number of aromatic nitrogens is 2. The molecule has 0 bridgehead atoms. The molecule has 1 N–H and O–H groups in total. The minimum atomic E-state index is -0.653. The molecule has 0 aliphatic heterocycles. The summed E-state index contributed by atoms with van der Waals surface area (Å²) in [4.78, 5) is 28.6. The average molecular weight is 375 g/mol. The molecule has 26 heavy (non-hydrogen) atoms. The van der Waals surface area contributed by atoms with Crippen molar-refractivity contribution in [2.75, 3.05) is 11.9 Å². The van der Waals surface area contributed by atoms with Crippen LogP contribution < -0.4 is 5.32 Å². The molecule has 0 radical (unpaired) electrons. The van der Waals surface area contributed by atoms with E-state index in [4.69, 9.17) is 9.26 Å². The summed E-state index contributed by atoms with van der Waals surface area (Å²) in [6, 6.07) is 7.34. The highest BCUT2D eigenvalue weighted by Crippen LogP contribution is 2.28. The lowest BCUT2D eigenvalue weighted by atomic mass is 10.2. The van der Waals surface area contributed by atoms with Crippen molar-refractivity contribution < 1.29 is 23.2 Å². The molecule has 0 spiro atoms. The van der Waals surface area contributed by atoms with Gasteiger partial charge < -0.3 is 14.6 Å². The smallest absolute Gasteiger partial charge is 0.350 e. The van der Waals surface area contributed by atoms with Gasteiger partial charge in [-0.3, -0.25) is 4.79 Å². The first-order chi connectivity index (χ1) is 12.4. The third-order valence-electron chi connectivity index (χ3n) is 3.30. The number of esters is 1. The number of thiazole rings is 1. The van der Waals surface area contributed by atoms with Crippen molar-refractivity contribution in [1.29, 1.82) is 0 Å². The molecular formula is C17H14FN3O4S. The van der Waals surface area contributed by atoms with E-state index in [-0.39, 0.29) is 16.5 Å². The number of hydrogen-bond acceptors (Lipinski definition) is 7. The van der Waals surface area contributed by atoms with Crippen molar-refractivity contribution in [3.8, 4) is 10.6 Å². The number of carbonyl (C=O) groups excluding carboxylic acids is 2. The van der Waals surface area contributed by atoms with Crippen molar-refractivity contribution in [3.63, 3.8) is 0 Å². The number of nitrogens with zero attached hydrogens (tertiary/aromatic N) is 2. The molecule has 0 atom stereocenters. The number of carbonyl (C=O) groups is 2. The van der Waals surface area contributed by atoms with Crippen LogP contribution in [0, 0.1) is 19.7 Å². The molecule has 2 heterocycles. The Balaban J connectivity index is 1.62. The minimum Gasteiger partial charge on any atom is -0.451 e.